The van der Waals surface area contributed by atoms with E-state index in [0.717, 1.165) is 79.8 Å². The summed E-state index contributed by atoms with van der Waals surface area (Å²) in [7, 11) is 2.60. The summed E-state index contributed by atoms with van der Waals surface area (Å²) < 4.78 is 9.64. The molecule has 3 aliphatic rings. The lowest BCUT2D eigenvalue weighted by atomic mass is 10.0. The number of amides is 4. The molecule has 1 aliphatic carbocycles. The molecule has 63 heavy (non-hydrogen) atoms. The van der Waals surface area contributed by atoms with Crippen LogP contribution in [0.1, 0.15) is 78.1 Å². The molecule has 1 saturated carbocycles. The average Bonchev–Trinajstić information content (AvgIpc) is 3.85. The maximum absolute atomic E-state index is 14.0. The van der Waals surface area contributed by atoms with Crippen molar-refractivity contribution in [2.75, 3.05) is 20.8 Å². The Hall–Kier alpha value is -6.51. The van der Waals surface area contributed by atoms with Gasteiger partial charge in [0.25, 0.3) is 0 Å². The number of alkyl carbamates (subject to hydrolysis) is 2. The Labute approximate surface area is 365 Å². The minimum absolute atomic E-state index is 0.106. The minimum atomic E-state index is -0.712. The van der Waals surface area contributed by atoms with Crippen molar-refractivity contribution in [3.8, 4) is 22.4 Å². The van der Waals surface area contributed by atoms with E-state index in [9.17, 15) is 19.2 Å². The zero-order valence-electron chi connectivity index (χ0n) is 36.9. The van der Waals surface area contributed by atoms with Gasteiger partial charge < -0.3 is 39.9 Å². The van der Waals surface area contributed by atoms with Crippen LogP contribution < -0.4 is 10.6 Å². The Morgan fingerprint density at radius 3 is 1.84 bits per heavy atom. The molecule has 3 unspecified atom stereocenters. The van der Waals surface area contributed by atoms with Crippen molar-refractivity contribution in [3.05, 3.63) is 78.4 Å². The van der Waals surface area contributed by atoms with Crippen LogP contribution in [0.15, 0.2) is 66.7 Å². The number of imidazole rings is 2. The number of H-pyrrole nitrogens is 2. The van der Waals surface area contributed by atoms with E-state index < -0.39 is 24.3 Å². The topological polar surface area (TPSA) is 188 Å². The monoisotopic (exact) mass is 853 g/mol. The number of piperidine rings is 1. The molecular weight excluding hydrogens is 799 g/mol. The maximum Gasteiger partial charge on any atom is 0.407 e. The van der Waals surface area contributed by atoms with Crippen LogP contribution in [-0.4, -0.2) is 97.6 Å². The standard InChI is InChI=1S/C48H55N9O6/c1-23(2)40(54-47(60)62-7)45(58)56-22-25(5)17-38(56)43-50-35-16-12-30(20-37(35)52-43)33-14-11-29-18-27(9-13-32(29)49-33)28-10-15-34-36(19-28)53-44(51-34)39-21-31-26(6)42(31)57(39)46(59)41(24(3)4)55-48(61)63-8/h9-16,18-20,23-26,31,38-42H,17,21-22H2,1-8H3,(H,50,52)(H,51,53)(H,54,60)(H,55,61)/t25-,26?,31?,38-,39-,40-,41-,42?/m0/s1. The Balaban J connectivity index is 0.934. The van der Waals surface area contributed by atoms with Crippen LogP contribution in [0.25, 0.3) is 55.4 Å². The summed E-state index contributed by atoms with van der Waals surface area (Å²) in [6.45, 7) is 12.5. The molecule has 4 amide bonds. The van der Waals surface area contributed by atoms with Crippen molar-refractivity contribution in [2.45, 2.75) is 84.6 Å². The quantitative estimate of drug-likeness (QED) is 0.106. The zero-order chi connectivity index (χ0) is 44.4. The van der Waals surface area contributed by atoms with Crippen LogP contribution in [0, 0.1) is 29.6 Å². The first-order valence-electron chi connectivity index (χ1n) is 21.9. The highest BCUT2D eigenvalue weighted by Gasteiger charge is 2.61. The lowest BCUT2D eigenvalue weighted by Crippen LogP contribution is -2.52. The second kappa shape index (κ2) is 16.3. The molecule has 2 saturated heterocycles. The fraction of sp³-hybridized carbons (Fsp3) is 0.438. The summed E-state index contributed by atoms with van der Waals surface area (Å²) in [5.74, 6) is 2.05. The maximum atomic E-state index is 14.0. The molecule has 3 aromatic carbocycles. The van der Waals surface area contributed by atoms with Gasteiger partial charge in [0.2, 0.25) is 11.8 Å². The number of benzene rings is 3. The Bertz CT molecular complexity index is 2760. The number of hydrogen-bond acceptors (Lipinski definition) is 9. The first kappa shape index (κ1) is 41.8. The number of fused-ring (bicyclic) bond motifs is 4. The molecule has 15 heteroatoms. The molecular formula is C48H55N9O6. The first-order chi connectivity index (χ1) is 30.2. The summed E-state index contributed by atoms with van der Waals surface area (Å²) in [5, 5.41) is 6.49. The number of carbonyl (C=O) groups is 4. The largest absolute Gasteiger partial charge is 0.453 e. The van der Waals surface area contributed by atoms with E-state index in [2.05, 4.69) is 70.8 Å². The van der Waals surface area contributed by atoms with Gasteiger partial charge in [0.15, 0.2) is 0 Å². The first-order valence-corrected chi connectivity index (χ1v) is 21.9. The average molecular weight is 854 g/mol. The molecule has 2 aliphatic heterocycles. The number of nitrogens with one attached hydrogen (secondary N) is 4. The minimum Gasteiger partial charge on any atom is -0.453 e. The van der Waals surface area contributed by atoms with E-state index in [1.807, 2.05) is 67.8 Å². The van der Waals surface area contributed by atoms with Crippen LogP contribution in [0.2, 0.25) is 0 Å². The van der Waals surface area contributed by atoms with Crippen LogP contribution >= 0.6 is 0 Å². The number of rotatable bonds is 10. The number of ether oxygens (including phenoxy) is 2. The normalized spacial score (nSPS) is 22.8. The second-order valence-electron chi connectivity index (χ2n) is 18.4. The van der Waals surface area contributed by atoms with Gasteiger partial charge in [-0.25, -0.2) is 24.5 Å². The van der Waals surface area contributed by atoms with E-state index in [1.54, 1.807) is 0 Å². The van der Waals surface area contributed by atoms with Crippen LogP contribution in [0.3, 0.4) is 0 Å². The number of carbonyl (C=O) groups excluding carboxylic acids is 4. The predicted octanol–water partition coefficient (Wildman–Crippen LogP) is 7.90. The highest BCUT2D eigenvalue weighted by molar-refractivity contribution is 5.91. The van der Waals surface area contributed by atoms with Gasteiger partial charge in [0.1, 0.15) is 23.7 Å². The molecule has 4 N–H and O–H groups in total. The van der Waals surface area contributed by atoms with Gasteiger partial charge in [-0.15, -0.1) is 0 Å². The third-order valence-corrected chi connectivity index (χ3v) is 13.4. The highest BCUT2D eigenvalue weighted by Crippen LogP contribution is 2.57. The van der Waals surface area contributed by atoms with Gasteiger partial charge in [-0.3, -0.25) is 9.59 Å². The van der Waals surface area contributed by atoms with E-state index in [4.69, 9.17) is 24.4 Å². The summed E-state index contributed by atoms with van der Waals surface area (Å²) >= 11 is 0. The third-order valence-electron chi connectivity index (χ3n) is 13.4. The molecule has 8 atom stereocenters. The van der Waals surface area contributed by atoms with Crippen molar-refractivity contribution in [1.29, 1.82) is 0 Å². The smallest absolute Gasteiger partial charge is 0.407 e. The van der Waals surface area contributed by atoms with E-state index in [0.29, 0.717) is 18.4 Å². The molecule has 328 valence electrons. The SMILES string of the molecule is COC(=O)N[C@H](C(=O)N1C[C@@H](C)C[C@H]1c1nc2ccc(-c3ccc4cc(-c5ccc6nc([C@@H]7CC8C(C)C8N7C(=O)[C@@H](NC(=O)OC)C(C)C)[nH]c6c5)ccc4n3)cc2[nH]1)C(C)C. The van der Waals surface area contributed by atoms with Crippen molar-refractivity contribution in [1.82, 2.24) is 45.4 Å². The molecule has 6 aromatic rings. The van der Waals surface area contributed by atoms with Gasteiger partial charge in [0, 0.05) is 23.5 Å². The molecule has 15 nitrogen and oxygen atoms in total. The zero-order valence-corrected chi connectivity index (χ0v) is 36.9. The van der Waals surface area contributed by atoms with Gasteiger partial charge >= 0.3 is 12.2 Å². The highest BCUT2D eigenvalue weighted by atomic mass is 16.5. The second-order valence-corrected chi connectivity index (χ2v) is 18.4. The molecule has 3 fully saturated rings. The number of pyridine rings is 1. The number of nitrogens with zero attached hydrogens (tertiary/aromatic N) is 5. The number of likely N-dealkylation sites (tertiary alicyclic amines) is 2. The van der Waals surface area contributed by atoms with Crippen LogP contribution in [-0.2, 0) is 19.1 Å². The van der Waals surface area contributed by atoms with Crippen LogP contribution in [0.4, 0.5) is 9.59 Å². The lowest BCUT2D eigenvalue weighted by molar-refractivity contribution is -0.137. The van der Waals surface area contributed by atoms with Gasteiger partial charge in [-0.1, -0.05) is 65.8 Å². The van der Waals surface area contributed by atoms with Gasteiger partial charge in [0.05, 0.1) is 59.6 Å². The summed E-state index contributed by atoms with van der Waals surface area (Å²) in [5.41, 5.74) is 8.06. The van der Waals surface area contributed by atoms with Crippen molar-refractivity contribution < 1.29 is 28.7 Å². The Kier molecular flexibility index (Phi) is 10.8. The van der Waals surface area contributed by atoms with Crippen molar-refractivity contribution in [3.63, 3.8) is 0 Å². The van der Waals surface area contributed by atoms with E-state index >= 15 is 0 Å². The van der Waals surface area contributed by atoms with Crippen molar-refractivity contribution >= 4 is 57.0 Å². The number of aromatic nitrogens is 5. The van der Waals surface area contributed by atoms with Gasteiger partial charge in [-0.05, 0) is 96.0 Å². The Morgan fingerprint density at radius 1 is 0.667 bits per heavy atom. The van der Waals surface area contributed by atoms with E-state index in [1.165, 1.54) is 14.2 Å². The molecule has 9 rings (SSSR count). The van der Waals surface area contributed by atoms with Gasteiger partial charge in [-0.2, -0.15) is 0 Å². The van der Waals surface area contributed by atoms with Crippen molar-refractivity contribution in [2.24, 2.45) is 29.6 Å². The fourth-order valence-corrected chi connectivity index (χ4v) is 9.93. The molecule has 0 bridgehead atoms. The molecule has 0 spiro atoms. The van der Waals surface area contributed by atoms with E-state index in [-0.39, 0.29) is 47.7 Å². The molecule has 5 heterocycles. The van der Waals surface area contributed by atoms with Crippen LogP contribution in [0.5, 0.6) is 0 Å². The Morgan fingerprint density at radius 2 is 1.22 bits per heavy atom. The summed E-state index contributed by atoms with van der Waals surface area (Å²) in [4.78, 5) is 77.9. The molecule has 3 aromatic heterocycles. The fourth-order valence-electron chi connectivity index (χ4n) is 9.93. The number of hydrogen-bond donors (Lipinski definition) is 4. The lowest BCUT2D eigenvalue weighted by Gasteiger charge is -2.32. The number of methoxy groups -OCH3 is 2. The molecule has 0 radical (unpaired) electrons. The predicted molar refractivity (Wildman–Crippen MR) is 239 cm³/mol. The summed E-state index contributed by atoms with van der Waals surface area (Å²) in [6, 6.07) is 20.9. The number of aromatic amines is 2. The summed E-state index contributed by atoms with van der Waals surface area (Å²) in [6.07, 6.45) is 0.331. The third kappa shape index (κ3) is 7.71.